The fourth-order valence-corrected chi connectivity index (χ4v) is 4.38. The van der Waals surface area contributed by atoms with Crippen molar-refractivity contribution in [2.75, 3.05) is 0 Å². The summed E-state index contributed by atoms with van der Waals surface area (Å²) < 4.78 is 0. The largest absolute Gasteiger partial charge is 0.361 e. The van der Waals surface area contributed by atoms with E-state index in [1.54, 1.807) is 11.3 Å². The number of hydrazine groups is 1. The molecular weight excluding hydrogens is 380 g/mol. The van der Waals surface area contributed by atoms with Crippen molar-refractivity contribution in [2.45, 2.75) is 12.8 Å². The number of hydrogen-bond acceptors (Lipinski definition) is 5. The van der Waals surface area contributed by atoms with Gasteiger partial charge >= 0.3 is 0 Å². The number of carbonyl (C=O) groups excluding carboxylic acids is 2. The summed E-state index contributed by atoms with van der Waals surface area (Å²) in [4.78, 5) is 32.9. The Kier molecular flexibility index (Phi) is 4.99. The SMILES string of the molecule is O=C(Cc1csc(-c2cccs2)n1)NNC(=O)Cc1c[nH]c2ccccc12. The molecule has 1 aromatic carbocycles. The Labute approximate surface area is 163 Å². The third-order valence-corrected chi connectivity index (χ3v) is 5.92. The van der Waals surface area contributed by atoms with Gasteiger partial charge in [-0.25, -0.2) is 4.98 Å². The zero-order valence-corrected chi connectivity index (χ0v) is 15.8. The van der Waals surface area contributed by atoms with Gasteiger partial charge in [0.1, 0.15) is 5.01 Å². The molecule has 0 atom stereocenters. The highest BCUT2D eigenvalue weighted by Gasteiger charge is 2.12. The molecule has 0 aliphatic heterocycles. The van der Waals surface area contributed by atoms with E-state index >= 15 is 0 Å². The van der Waals surface area contributed by atoms with Crippen LogP contribution in [-0.4, -0.2) is 21.8 Å². The first-order chi connectivity index (χ1) is 13.2. The summed E-state index contributed by atoms with van der Waals surface area (Å²) in [5.41, 5.74) is 7.47. The molecule has 0 aliphatic carbocycles. The number of nitrogens with one attached hydrogen (secondary N) is 3. The standard InChI is InChI=1S/C19H16N4O2S2/c24-17(8-12-10-20-15-5-2-1-4-14(12)15)22-23-18(25)9-13-11-27-19(21-13)16-6-3-7-26-16/h1-7,10-11,20H,8-9H2,(H,22,24)(H,23,25). The van der Waals surface area contributed by atoms with Crippen LogP contribution in [0.2, 0.25) is 0 Å². The van der Waals surface area contributed by atoms with Crippen molar-refractivity contribution in [3.63, 3.8) is 0 Å². The molecule has 0 fully saturated rings. The Morgan fingerprint density at radius 2 is 1.81 bits per heavy atom. The molecule has 6 nitrogen and oxygen atoms in total. The maximum absolute atomic E-state index is 12.1. The van der Waals surface area contributed by atoms with Gasteiger partial charge in [-0.05, 0) is 23.1 Å². The molecule has 8 heteroatoms. The average molecular weight is 396 g/mol. The second-order valence-corrected chi connectivity index (χ2v) is 7.74. The first-order valence-corrected chi connectivity index (χ1v) is 10.1. The minimum Gasteiger partial charge on any atom is -0.361 e. The summed E-state index contributed by atoms with van der Waals surface area (Å²) >= 11 is 3.12. The number of rotatable bonds is 5. The van der Waals surface area contributed by atoms with Crippen LogP contribution in [0.15, 0.2) is 53.4 Å². The topological polar surface area (TPSA) is 86.9 Å². The van der Waals surface area contributed by atoms with Gasteiger partial charge in [-0.15, -0.1) is 22.7 Å². The highest BCUT2D eigenvalue weighted by Crippen LogP contribution is 2.27. The van der Waals surface area contributed by atoms with E-state index in [0.29, 0.717) is 5.69 Å². The van der Waals surface area contributed by atoms with E-state index < -0.39 is 0 Å². The van der Waals surface area contributed by atoms with Crippen molar-refractivity contribution < 1.29 is 9.59 Å². The summed E-state index contributed by atoms with van der Waals surface area (Å²) in [6.07, 6.45) is 2.12. The predicted octanol–water partition coefficient (Wildman–Crippen LogP) is 3.29. The van der Waals surface area contributed by atoms with E-state index in [1.807, 2.05) is 53.4 Å². The number of thiazole rings is 1. The number of benzene rings is 1. The number of thiophene rings is 1. The van der Waals surface area contributed by atoms with Crippen LogP contribution in [0, 0.1) is 0 Å². The van der Waals surface area contributed by atoms with E-state index in [1.165, 1.54) is 11.3 Å². The average Bonchev–Trinajstić information content (AvgIpc) is 3.41. The maximum atomic E-state index is 12.1. The third kappa shape index (κ3) is 4.07. The number of aromatic amines is 1. The molecule has 27 heavy (non-hydrogen) atoms. The van der Waals surface area contributed by atoms with Gasteiger partial charge in [-0.1, -0.05) is 24.3 Å². The van der Waals surface area contributed by atoms with Crippen LogP contribution in [0.3, 0.4) is 0 Å². The molecule has 0 unspecified atom stereocenters. The lowest BCUT2D eigenvalue weighted by Crippen LogP contribution is -2.43. The Bertz CT molecular complexity index is 1080. The van der Waals surface area contributed by atoms with Crippen molar-refractivity contribution in [1.82, 2.24) is 20.8 Å². The lowest BCUT2D eigenvalue weighted by atomic mass is 10.1. The number of hydrogen-bond donors (Lipinski definition) is 3. The molecule has 136 valence electrons. The van der Waals surface area contributed by atoms with Gasteiger partial charge in [-0.3, -0.25) is 20.4 Å². The number of aromatic nitrogens is 2. The second kappa shape index (κ2) is 7.73. The zero-order chi connectivity index (χ0) is 18.6. The van der Waals surface area contributed by atoms with Crippen LogP contribution in [0.1, 0.15) is 11.3 Å². The number of carbonyl (C=O) groups is 2. The van der Waals surface area contributed by atoms with E-state index in [4.69, 9.17) is 0 Å². The minimum atomic E-state index is -0.301. The van der Waals surface area contributed by atoms with Gasteiger partial charge < -0.3 is 4.98 Å². The van der Waals surface area contributed by atoms with Gasteiger partial charge in [0.25, 0.3) is 0 Å². The van der Waals surface area contributed by atoms with E-state index in [0.717, 1.165) is 26.4 Å². The molecule has 0 saturated heterocycles. The molecule has 2 amide bonds. The molecular formula is C19H16N4O2S2. The fraction of sp³-hybridized carbons (Fsp3) is 0.105. The highest BCUT2D eigenvalue weighted by atomic mass is 32.1. The van der Waals surface area contributed by atoms with Gasteiger partial charge in [0.15, 0.2) is 0 Å². The van der Waals surface area contributed by atoms with Crippen molar-refractivity contribution >= 4 is 45.4 Å². The van der Waals surface area contributed by atoms with Crippen LogP contribution in [-0.2, 0) is 22.4 Å². The molecule has 0 bridgehead atoms. The number of amides is 2. The molecule has 4 aromatic rings. The van der Waals surface area contributed by atoms with Gasteiger partial charge in [0.2, 0.25) is 11.8 Å². The van der Waals surface area contributed by atoms with Crippen molar-refractivity contribution in [3.8, 4) is 9.88 Å². The fourth-order valence-electron chi connectivity index (χ4n) is 2.74. The molecule has 3 heterocycles. The quantitative estimate of drug-likeness (QED) is 0.453. The molecule has 0 spiro atoms. The minimum absolute atomic E-state index is 0.120. The van der Waals surface area contributed by atoms with Crippen LogP contribution in [0.5, 0.6) is 0 Å². The maximum Gasteiger partial charge on any atom is 0.244 e. The Morgan fingerprint density at radius 3 is 2.63 bits per heavy atom. The first-order valence-electron chi connectivity index (χ1n) is 8.30. The number of para-hydroxylation sites is 1. The predicted molar refractivity (Wildman–Crippen MR) is 107 cm³/mol. The lowest BCUT2D eigenvalue weighted by Gasteiger charge is -2.06. The Balaban J connectivity index is 1.29. The van der Waals surface area contributed by atoms with E-state index in [2.05, 4.69) is 20.8 Å². The van der Waals surface area contributed by atoms with Crippen LogP contribution >= 0.6 is 22.7 Å². The first kappa shape index (κ1) is 17.4. The van der Waals surface area contributed by atoms with Crippen molar-refractivity contribution in [1.29, 1.82) is 0 Å². The Morgan fingerprint density at radius 1 is 1.00 bits per heavy atom. The van der Waals surface area contributed by atoms with Crippen molar-refractivity contribution in [2.24, 2.45) is 0 Å². The second-order valence-electron chi connectivity index (χ2n) is 5.93. The van der Waals surface area contributed by atoms with Gasteiger partial charge in [-0.2, -0.15) is 0 Å². The monoisotopic (exact) mass is 396 g/mol. The third-order valence-electron chi connectivity index (χ3n) is 3.99. The van der Waals surface area contributed by atoms with Crippen LogP contribution in [0.4, 0.5) is 0 Å². The zero-order valence-electron chi connectivity index (χ0n) is 14.2. The van der Waals surface area contributed by atoms with E-state index in [9.17, 15) is 9.59 Å². The lowest BCUT2D eigenvalue weighted by molar-refractivity contribution is -0.128. The normalized spacial score (nSPS) is 10.8. The van der Waals surface area contributed by atoms with Crippen LogP contribution in [0.25, 0.3) is 20.8 Å². The molecule has 3 aromatic heterocycles. The number of fused-ring (bicyclic) bond motifs is 1. The van der Waals surface area contributed by atoms with Gasteiger partial charge in [0.05, 0.1) is 23.4 Å². The molecule has 0 saturated carbocycles. The summed E-state index contributed by atoms with van der Waals surface area (Å²) in [6, 6.07) is 11.7. The van der Waals surface area contributed by atoms with Crippen LogP contribution < -0.4 is 10.9 Å². The summed E-state index contributed by atoms with van der Waals surface area (Å²) in [5, 5.41) is 5.76. The number of H-pyrrole nitrogens is 1. The molecule has 0 aliphatic rings. The van der Waals surface area contributed by atoms with E-state index in [-0.39, 0.29) is 24.7 Å². The Hall–Kier alpha value is -2.97. The summed E-state index contributed by atoms with van der Waals surface area (Å²) in [6.45, 7) is 0. The number of nitrogens with zero attached hydrogens (tertiary/aromatic N) is 1. The molecule has 4 rings (SSSR count). The highest BCUT2D eigenvalue weighted by molar-refractivity contribution is 7.20. The van der Waals surface area contributed by atoms with Crippen molar-refractivity contribution in [3.05, 3.63) is 64.6 Å². The van der Waals surface area contributed by atoms with Gasteiger partial charge in [0, 0.05) is 22.5 Å². The molecule has 3 N–H and O–H groups in total. The summed E-state index contributed by atoms with van der Waals surface area (Å²) in [7, 11) is 0. The summed E-state index contributed by atoms with van der Waals surface area (Å²) in [5.74, 6) is -0.573. The molecule has 0 radical (unpaired) electrons. The smallest absolute Gasteiger partial charge is 0.244 e.